The number of hydrogen-bond donors (Lipinski definition) is 2. The number of nitrogens with one attached hydrogen (secondary N) is 2. The number of anilines is 3. The molecule has 0 spiro atoms. The molecule has 5 aromatic rings. The van der Waals surface area contributed by atoms with Gasteiger partial charge < -0.3 is 15.0 Å². The van der Waals surface area contributed by atoms with Gasteiger partial charge in [0.25, 0.3) is 15.9 Å². The summed E-state index contributed by atoms with van der Waals surface area (Å²) in [5.41, 5.74) is 1.84. The number of nitrogens with zero attached hydrogens (tertiary/aromatic N) is 5. The molecule has 0 saturated heterocycles. The lowest BCUT2D eigenvalue weighted by molar-refractivity contribution is -0.118. The molecule has 13 nitrogen and oxygen atoms in total. The summed E-state index contributed by atoms with van der Waals surface area (Å²) in [4.78, 5) is 46.9. The summed E-state index contributed by atoms with van der Waals surface area (Å²) < 4.78 is 38.9. The number of fused-ring (bicyclic) bond motifs is 1. The van der Waals surface area contributed by atoms with E-state index in [-0.39, 0.29) is 57.6 Å². The Hall–Kier alpha value is -5.86. The summed E-state index contributed by atoms with van der Waals surface area (Å²) in [6.45, 7) is 3.84. The number of benzene rings is 4. The number of aromatic nitrogens is 3. The number of amides is 2. The third kappa shape index (κ3) is 11.2. The van der Waals surface area contributed by atoms with Gasteiger partial charge in [-0.3, -0.25) is 14.9 Å². The van der Waals surface area contributed by atoms with Crippen LogP contribution in [-0.4, -0.2) is 53.4 Å². The van der Waals surface area contributed by atoms with E-state index in [0.717, 1.165) is 35.9 Å². The third-order valence-corrected chi connectivity index (χ3v) is 11.6. The van der Waals surface area contributed by atoms with Crippen LogP contribution in [0, 0.1) is 0 Å². The maximum absolute atomic E-state index is 14.9. The number of unbranched alkanes of at least 4 members (excludes halogenated alkanes) is 9. The second-order valence-electron chi connectivity index (χ2n) is 14.6. The summed E-state index contributed by atoms with van der Waals surface area (Å²) >= 11 is 6.64. The molecule has 314 valence electrons. The Balaban J connectivity index is 1.32. The van der Waals surface area contributed by atoms with Crippen LogP contribution in [0.4, 0.5) is 17.3 Å². The highest BCUT2D eigenvalue weighted by molar-refractivity contribution is 7.90. The van der Waals surface area contributed by atoms with Crippen molar-refractivity contribution in [3.8, 4) is 11.4 Å². The van der Waals surface area contributed by atoms with Gasteiger partial charge >= 0.3 is 5.97 Å². The van der Waals surface area contributed by atoms with Gasteiger partial charge in [0.2, 0.25) is 11.9 Å². The Morgan fingerprint density at radius 3 is 2.10 bits per heavy atom. The minimum Gasteiger partial charge on any atom is -0.462 e. The average molecular weight is 852 g/mol. The van der Waals surface area contributed by atoms with Crippen LogP contribution in [-0.2, 0) is 30.9 Å². The van der Waals surface area contributed by atoms with Crippen molar-refractivity contribution in [2.45, 2.75) is 95.5 Å². The first-order chi connectivity index (χ1) is 29.1. The van der Waals surface area contributed by atoms with Crippen molar-refractivity contribution in [2.24, 2.45) is 4.40 Å². The number of hydrogen-bond acceptors (Lipinski definition) is 9. The zero-order chi connectivity index (χ0) is 42.5. The fourth-order valence-electron chi connectivity index (χ4n) is 6.95. The maximum Gasteiger partial charge on any atom is 0.338 e. The van der Waals surface area contributed by atoms with Crippen LogP contribution in [0.3, 0.4) is 0 Å². The van der Waals surface area contributed by atoms with Crippen LogP contribution in [0.1, 0.15) is 100 Å². The average Bonchev–Trinajstić information content (AvgIpc) is 3.64. The standard InChI is InChI=1S/C45H50ClN7O6S/c1-3-4-5-6-7-8-9-10-11-20-29-59-44(56)35-27-28-36(46)37(30-35)48-43(55)40(53-45(47-32(2)54)49-41(50-53)34-23-16-13-17-24-34)42-51-60(57,58)39-26-19-18-25-38(39)52(42)31-33-21-14-12-15-22-33/h12-19,21-28,30,40H,3-11,20,29,31H2,1-2H3,(H,48,55)(H,47,49,50,54). The molecule has 0 aliphatic carbocycles. The zero-order valence-electron chi connectivity index (χ0n) is 33.8. The quantitative estimate of drug-likeness (QED) is 0.0573. The molecular formula is C45H50ClN7O6S. The number of rotatable bonds is 20. The van der Waals surface area contributed by atoms with E-state index in [0.29, 0.717) is 5.56 Å². The molecule has 1 atom stereocenters. The van der Waals surface area contributed by atoms with Gasteiger partial charge in [-0.05, 0) is 42.3 Å². The monoisotopic (exact) mass is 851 g/mol. The van der Waals surface area contributed by atoms with Crippen molar-refractivity contribution < 1.29 is 27.5 Å². The minimum absolute atomic E-state index is 0.0541. The van der Waals surface area contributed by atoms with Gasteiger partial charge in [0.1, 0.15) is 4.90 Å². The number of para-hydroxylation sites is 1. The predicted octanol–water partition coefficient (Wildman–Crippen LogP) is 9.62. The Labute approximate surface area is 356 Å². The fraction of sp³-hybridized carbons (Fsp3) is 0.333. The Kier molecular flexibility index (Phi) is 15.2. The second-order valence-corrected chi connectivity index (χ2v) is 16.6. The molecule has 15 heteroatoms. The molecule has 2 N–H and O–H groups in total. The van der Waals surface area contributed by atoms with Crippen molar-refractivity contribution in [1.82, 2.24) is 14.8 Å². The highest BCUT2D eigenvalue weighted by Crippen LogP contribution is 2.37. The molecule has 1 unspecified atom stereocenters. The van der Waals surface area contributed by atoms with Gasteiger partial charge in [-0.1, -0.05) is 149 Å². The number of sulfonamides is 1. The summed E-state index contributed by atoms with van der Waals surface area (Å²) in [6.07, 6.45) is 11.5. The van der Waals surface area contributed by atoms with Crippen molar-refractivity contribution in [1.29, 1.82) is 0 Å². The summed E-state index contributed by atoms with van der Waals surface area (Å²) in [5.74, 6) is -2.16. The summed E-state index contributed by atoms with van der Waals surface area (Å²) in [7, 11) is -4.38. The first kappa shape index (κ1) is 43.7. The Morgan fingerprint density at radius 2 is 1.42 bits per heavy atom. The van der Waals surface area contributed by atoms with Crippen LogP contribution < -0.4 is 15.5 Å². The zero-order valence-corrected chi connectivity index (χ0v) is 35.4. The van der Waals surface area contributed by atoms with Gasteiger partial charge in [-0.15, -0.1) is 9.50 Å². The smallest absolute Gasteiger partial charge is 0.338 e. The lowest BCUT2D eigenvalue weighted by Crippen LogP contribution is -2.46. The highest BCUT2D eigenvalue weighted by Gasteiger charge is 2.41. The molecule has 4 aromatic carbocycles. The van der Waals surface area contributed by atoms with Gasteiger partial charge in [0.15, 0.2) is 17.7 Å². The Bertz CT molecular complexity index is 2410. The highest BCUT2D eigenvalue weighted by atomic mass is 35.5. The van der Waals surface area contributed by atoms with Gasteiger partial charge in [-0.25, -0.2) is 9.48 Å². The number of amidine groups is 1. The number of carbonyl (C=O) groups excluding carboxylic acids is 3. The van der Waals surface area contributed by atoms with Crippen molar-refractivity contribution in [2.75, 3.05) is 22.1 Å². The lowest BCUT2D eigenvalue weighted by atomic mass is 10.1. The largest absolute Gasteiger partial charge is 0.462 e. The molecule has 60 heavy (non-hydrogen) atoms. The molecule has 0 bridgehead atoms. The van der Waals surface area contributed by atoms with Gasteiger partial charge in [-0.2, -0.15) is 13.4 Å². The van der Waals surface area contributed by atoms with Crippen LogP contribution >= 0.6 is 11.6 Å². The van der Waals surface area contributed by atoms with E-state index in [1.165, 1.54) is 69.7 Å². The van der Waals surface area contributed by atoms with E-state index in [2.05, 4.69) is 32.0 Å². The Morgan fingerprint density at radius 1 is 0.783 bits per heavy atom. The molecule has 1 aliphatic rings. The van der Waals surface area contributed by atoms with Crippen LogP contribution in [0.25, 0.3) is 11.4 Å². The van der Waals surface area contributed by atoms with Crippen molar-refractivity contribution in [3.05, 3.63) is 119 Å². The lowest BCUT2D eigenvalue weighted by Gasteiger charge is -2.34. The molecule has 2 amide bonds. The first-order valence-electron chi connectivity index (χ1n) is 20.4. The van der Waals surface area contributed by atoms with Gasteiger partial charge in [0, 0.05) is 19.0 Å². The predicted molar refractivity (Wildman–Crippen MR) is 235 cm³/mol. The van der Waals surface area contributed by atoms with Crippen molar-refractivity contribution >= 4 is 62.6 Å². The number of carbonyl (C=O) groups is 3. The fourth-order valence-corrected chi connectivity index (χ4v) is 8.35. The summed E-state index contributed by atoms with van der Waals surface area (Å²) in [5, 5.41) is 10.2. The molecule has 1 aromatic heterocycles. The molecule has 2 heterocycles. The number of ether oxygens (including phenoxy) is 1. The third-order valence-electron chi connectivity index (χ3n) is 9.99. The van der Waals surface area contributed by atoms with Gasteiger partial charge in [0.05, 0.1) is 28.6 Å². The normalized spacial score (nSPS) is 13.5. The molecule has 0 radical (unpaired) electrons. The van der Waals surface area contributed by atoms with Crippen LogP contribution in [0.5, 0.6) is 0 Å². The molecule has 1 aliphatic heterocycles. The van der Waals surface area contributed by atoms with E-state index >= 15 is 0 Å². The van der Waals surface area contributed by atoms with E-state index in [9.17, 15) is 22.8 Å². The first-order valence-corrected chi connectivity index (χ1v) is 22.2. The number of halogens is 1. The topological polar surface area (TPSA) is 165 Å². The molecular weight excluding hydrogens is 802 g/mol. The van der Waals surface area contributed by atoms with Crippen molar-refractivity contribution in [3.63, 3.8) is 0 Å². The molecule has 0 fully saturated rings. The van der Waals surface area contributed by atoms with Crippen LogP contribution in [0.2, 0.25) is 5.02 Å². The minimum atomic E-state index is -4.38. The SMILES string of the molecule is CCCCCCCCCCCCOC(=O)c1ccc(Cl)c(NC(=O)C(C2=NS(=O)(=O)c3ccccc3N2Cc2ccccc2)n2nc(-c3ccccc3)nc2NC(C)=O)c1. The van der Waals surface area contributed by atoms with E-state index in [4.69, 9.17) is 16.3 Å². The number of esters is 1. The van der Waals surface area contributed by atoms with E-state index in [1.807, 2.05) is 36.4 Å². The maximum atomic E-state index is 14.9. The molecule has 6 rings (SSSR count). The van der Waals surface area contributed by atoms with E-state index < -0.39 is 33.8 Å². The van der Waals surface area contributed by atoms with E-state index in [1.54, 1.807) is 47.4 Å². The molecule has 0 saturated carbocycles. The summed E-state index contributed by atoms with van der Waals surface area (Å²) in [6, 6.07) is 27.2. The van der Waals surface area contributed by atoms with Crippen LogP contribution in [0.15, 0.2) is 112 Å². The second kappa shape index (κ2) is 20.9.